The Morgan fingerprint density at radius 1 is 1.17 bits per heavy atom. The number of nitrogens with one attached hydrogen (secondary N) is 2. The van der Waals surface area contributed by atoms with Crippen molar-refractivity contribution in [2.24, 2.45) is 11.8 Å². The Labute approximate surface area is 174 Å². The van der Waals surface area contributed by atoms with E-state index in [1.807, 2.05) is 0 Å². The molecule has 2 N–H and O–H groups in total. The van der Waals surface area contributed by atoms with Gasteiger partial charge in [-0.15, -0.1) is 11.3 Å². The molecule has 2 aromatic heterocycles. The SMILES string of the molecule is Cc1csc(C(=O)Nc2ccc(Cl)nc2)c1NC(=O)C1CCC(C(F)(F)F)CC1. The average Bonchev–Trinajstić information content (AvgIpc) is 3.03. The number of rotatable bonds is 4. The molecule has 2 heterocycles. The van der Waals surface area contributed by atoms with Crippen LogP contribution in [0.3, 0.4) is 0 Å². The third-order valence-corrected chi connectivity index (χ3v) is 6.30. The van der Waals surface area contributed by atoms with Crippen LogP contribution in [0.1, 0.15) is 40.9 Å². The molecular weight excluding hydrogens is 427 g/mol. The Morgan fingerprint density at radius 2 is 1.86 bits per heavy atom. The number of hydrogen-bond donors (Lipinski definition) is 2. The fraction of sp³-hybridized carbons (Fsp3) is 0.421. The molecule has 1 aliphatic carbocycles. The Bertz CT molecular complexity index is 891. The topological polar surface area (TPSA) is 71.1 Å². The van der Waals surface area contributed by atoms with Crippen molar-refractivity contribution in [3.05, 3.63) is 39.3 Å². The first-order valence-corrected chi connectivity index (χ1v) is 10.3. The monoisotopic (exact) mass is 445 g/mol. The van der Waals surface area contributed by atoms with Crippen LogP contribution in [-0.2, 0) is 4.79 Å². The number of alkyl halides is 3. The average molecular weight is 446 g/mol. The van der Waals surface area contributed by atoms with Gasteiger partial charge >= 0.3 is 6.18 Å². The van der Waals surface area contributed by atoms with E-state index in [0.29, 0.717) is 27.0 Å². The van der Waals surface area contributed by atoms with Gasteiger partial charge in [0.2, 0.25) is 5.91 Å². The van der Waals surface area contributed by atoms with Gasteiger partial charge in [-0.25, -0.2) is 4.98 Å². The maximum atomic E-state index is 12.8. The van der Waals surface area contributed by atoms with Crippen LogP contribution in [0.15, 0.2) is 23.7 Å². The predicted molar refractivity (Wildman–Crippen MR) is 106 cm³/mol. The third-order valence-electron chi connectivity index (χ3n) is 4.98. The van der Waals surface area contributed by atoms with E-state index in [-0.39, 0.29) is 31.6 Å². The van der Waals surface area contributed by atoms with Crippen LogP contribution in [0.4, 0.5) is 24.5 Å². The summed E-state index contributed by atoms with van der Waals surface area (Å²) in [4.78, 5) is 29.4. The number of aromatic nitrogens is 1. The molecule has 0 atom stereocenters. The summed E-state index contributed by atoms with van der Waals surface area (Å²) < 4.78 is 38.4. The lowest BCUT2D eigenvalue weighted by molar-refractivity contribution is -0.184. The number of nitrogens with zero attached hydrogens (tertiary/aromatic N) is 1. The fourth-order valence-electron chi connectivity index (χ4n) is 3.31. The van der Waals surface area contributed by atoms with Crippen LogP contribution in [0.25, 0.3) is 0 Å². The summed E-state index contributed by atoms with van der Waals surface area (Å²) >= 11 is 6.90. The Morgan fingerprint density at radius 3 is 2.45 bits per heavy atom. The lowest BCUT2D eigenvalue weighted by Gasteiger charge is -2.29. The van der Waals surface area contributed by atoms with E-state index >= 15 is 0 Å². The van der Waals surface area contributed by atoms with Gasteiger partial charge in [-0.05, 0) is 55.7 Å². The number of anilines is 2. The lowest BCUT2D eigenvalue weighted by Crippen LogP contribution is -2.32. The number of halogens is 4. The van der Waals surface area contributed by atoms with E-state index in [4.69, 9.17) is 11.6 Å². The Hall–Kier alpha value is -2.13. The van der Waals surface area contributed by atoms with E-state index < -0.39 is 23.9 Å². The van der Waals surface area contributed by atoms with Gasteiger partial charge in [0.1, 0.15) is 10.0 Å². The first kappa shape index (κ1) is 21.6. The van der Waals surface area contributed by atoms with E-state index in [1.54, 1.807) is 18.4 Å². The van der Waals surface area contributed by atoms with E-state index in [0.717, 1.165) is 0 Å². The van der Waals surface area contributed by atoms with Crippen LogP contribution in [0, 0.1) is 18.8 Å². The van der Waals surface area contributed by atoms with Crippen LogP contribution in [0.5, 0.6) is 0 Å². The van der Waals surface area contributed by atoms with Crippen molar-refractivity contribution in [1.29, 1.82) is 0 Å². The molecule has 29 heavy (non-hydrogen) atoms. The van der Waals surface area contributed by atoms with Gasteiger partial charge in [-0.1, -0.05) is 11.6 Å². The molecule has 0 unspecified atom stereocenters. The number of carbonyl (C=O) groups excluding carboxylic acids is 2. The molecule has 2 aromatic rings. The van der Waals surface area contributed by atoms with Gasteiger partial charge in [0.15, 0.2) is 0 Å². The second-order valence-corrected chi connectivity index (χ2v) is 8.29. The molecule has 1 aliphatic rings. The summed E-state index contributed by atoms with van der Waals surface area (Å²) in [5, 5.41) is 7.47. The lowest BCUT2D eigenvalue weighted by atomic mass is 9.81. The van der Waals surface area contributed by atoms with Crippen molar-refractivity contribution in [2.45, 2.75) is 38.8 Å². The molecule has 0 aromatic carbocycles. The molecule has 0 aliphatic heterocycles. The molecule has 1 saturated carbocycles. The Balaban J connectivity index is 1.66. The summed E-state index contributed by atoms with van der Waals surface area (Å²) in [6, 6.07) is 3.14. The fourth-order valence-corrected chi connectivity index (χ4v) is 4.32. The first-order valence-electron chi connectivity index (χ1n) is 9.03. The maximum Gasteiger partial charge on any atom is 0.391 e. The molecule has 3 rings (SSSR count). The zero-order valence-corrected chi connectivity index (χ0v) is 17.0. The normalized spacial score (nSPS) is 19.6. The number of carbonyl (C=O) groups is 2. The van der Waals surface area contributed by atoms with Crippen molar-refractivity contribution < 1.29 is 22.8 Å². The molecule has 0 spiro atoms. The van der Waals surface area contributed by atoms with Crippen LogP contribution in [-0.4, -0.2) is 23.0 Å². The summed E-state index contributed by atoms with van der Waals surface area (Å²) in [7, 11) is 0. The maximum absolute atomic E-state index is 12.8. The zero-order valence-electron chi connectivity index (χ0n) is 15.5. The highest BCUT2D eigenvalue weighted by atomic mass is 35.5. The Kier molecular flexibility index (Phi) is 6.48. The van der Waals surface area contributed by atoms with Crippen molar-refractivity contribution in [3.63, 3.8) is 0 Å². The van der Waals surface area contributed by atoms with Crippen molar-refractivity contribution in [1.82, 2.24) is 4.98 Å². The minimum atomic E-state index is -4.22. The van der Waals surface area contributed by atoms with E-state index in [1.165, 1.54) is 23.6 Å². The summed E-state index contributed by atoms with van der Waals surface area (Å²) in [5.41, 5.74) is 1.55. The summed E-state index contributed by atoms with van der Waals surface area (Å²) in [6.45, 7) is 1.76. The number of amides is 2. The first-order chi connectivity index (χ1) is 13.6. The number of pyridine rings is 1. The minimum absolute atomic E-state index is 0.0544. The van der Waals surface area contributed by atoms with E-state index in [2.05, 4.69) is 15.6 Å². The van der Waals surface area contributed by atoms with Gasteiger partial charge in [0.05, 0.1) is 23.5 Å². The highest BCUT2D eigenvalue weighted by molar-refractivity contribution is 7.13. The second-order valence-electron chi connectivity index (χ2n) is 7.03. The molecular formula is C19H19ClF3N3O2S. The molecule has 2 amide bonds. The molecule has 0 radical (unpaired) electrons. The quantitative estimate of drug-likeness (QED) is 0.596. The molecule has 156 valence electrons. The summed E-state index contributed by atoms with van der Waals surface area (Å²) in [6.07, 6.45) is -2.55. The molecule has 5 nitrogen and oxygen atoms in total. The minimum Gasteiger partial charge on any atom is -0.324 e. The molecule has 10 heteroatoms. The smallest absolute Gasteiger partial charge is 0.324 e. The second kappa shape index (κ2) is 8.71. The van der Waals surface area contributed by atoms with Gasteiger partial charge in [0.25, 0.3) is 5.91 Å². The largest absolute Gasteiger partial charge is 0.391 e. The van der Waals surface area contributed by atoms with Crippen molar-refractivity contribution >= 4 is 46.1 Å². The standard InChI is InChI=1S/C19H19ClF3N3O2S/c1-10-9-29-16(18(28)25-13-6-7-14(20)24-8-13)15(10)26-17(27)11-2-4-12(5-3-11)19(21,22)23/h6-9,11-12H,2-5H2,1H3,(H,25,28)(H,26,27). The van der Waals surface area contributed by atoms with Gasteiger partial charge in [-0.2, -0.15) is 13.2 Å². The molecule has 0 saturated heterocycles. The summed E-state index contributed by atoms with van der Waals surface area (Å²) in [5.74, 6) is -2.61. The highest BCUT2D eigenvalue weighted by Gasteiger charge is 2.42. The predicted octanol–water partition coefficient (Wildman–Crippen LogP) is 5.66. The van der Waals surface area contributed by atoms with Crippen LogP contribution < -0.4 is 10.6 Å². The van der Waals surface area contributed by atoms with Crippen molar-refractivity contribution in [3.8, 4) is 0 Å². The van der Waals surface area contributed by atoms with Gasteiger partial charge in [-0.3, -0.25) is 9.59 Å². The van der Waals surface area contributed by atoms with Crippen LogP contribution in [0.2, 0.25) is 5.15 Å². The molecule has 1 fully saturated rings. The van der Waals surface area contributed by atoms with Gasteiger partial charge in [0, 0.05) is 5.92 Å². The van der Waals surface area contributed by atoms with Crippen LogP contribution >= 0.6 is 22.9 Å². The number of thiophene rings is 1. The molecule has 0 bridgehead atoms. The van der Waals surface area contributed by atoms with Gasteiger partial charge < -0.3 is 10.6 Å². The number of aryl methyl sites for hydroxylation is 1. The number of hydrogen-bond acceptors (Lipinski definition) is 4. The zero-order chi connectivity index (χ0) is 21.2. The van der Waals surface area contributed by atoms with Crippen molar-refractivity contribution in [2.75, 3.05) is 10.6 Å². The van der Waals surface area contributed by atoms with E-state index in [9.17, 15) is 22.8 Å². The third kappa shape index (κ3) is 5.27. The highest BCUT2D eigenvalue weighted by Crippen LogP contribution is 2.40.